The van der Waals surface area contributed by atoms with Gasteiger partial charge in [-0.25, -0.2) is 4.98 Å². The van der Waals surface area contributed by atoms with Gasteiger partial charge in [0.15, 0.2) is 0 Å². The minimum absolute atomic E-state index is 0.0411. The van der Waals surface area contributed by atoms with E-state index in [-0.39, 0.29) is 6.61 Å². The van der Waals surface area contributed by atoms with Crippen LogP contribution in [-0.4, -0.2) is 16.1 Å². The number of aromatic nitrogens is 1. The summed E-state index contributed by atoms with van der Waals surface area (Å²) in [4.78, 5) is 6.89. The lowest BCUT2D eigenvalue weighted by Gasteiger charge is -2.28. The van der Waals surface area contributed by atoms with Crippen LogP contribution in [0.15, 0.2) is 42.5 Å². The molecule has 20 heavy (non-hydrogen) atoms. The van der Waals surface area contributed by atoms with Gasteiger partial charge in [0.25, 0.3) is 0 Å². The molecule has 0 aliphatic heterocycles. The standard InChI is InChI=1S/C17H22N2O/c1-13(2)19(11-15-7-5-4-6-8-15)17-10-9-16(12-20)14(3)18-17/h4-10,13,20H,11-12H2,1-3H3. The van der Waals surface area contributed by atoms with Gasteiger partial charge < -0.3 is 10.0 Å². The summed E-state index contributed by atoms with van der Waals surface area (Å²) in [6, 6.07) is 14.7. The van der Waals surface area contributed by atoms with Crippen molar-refractivity contribution >= 4 is 5.82 Å². The molecular formula is C17H22N2O. The molecule has 0 fully saturated rings. The van der Waals surface area contributed by atoms with Gasteiger partial charge in [0.2, 0.25) is 0 Å². The van der Waals surface area contributed by atoms with Crippen molar-refractivity contribution in [1.29, 1.82) is 0 Å². The molecule has 3 heteroatoms. The Morgan fingerprint density at radius 3 is 2.35 bits per heavy atom. The number of rotatable bonds is 5. The summed E-state index contributed by atoms with van der Waals surface area (Å²) in [5.41, 5.74) is 3.05. The van der Waals surface area contributed by atoms with E-state index in [1.165, 1.54) is 5.56 Å². The monoisotopic (exact) mass is 270 g/mol. The normalized spacial score (nSPS) is 10.8. The molecule has 0 aliphatic rings. The Balaban J connectivity index is 2.27. The molecule has 1 aromatic carbocycles. The highest BCUT2D eigenvalue weighted by Gasteiger charge is 2.13. The van der Waals surface area contributed by atoms with E-state index in [1.807, 2.05) is 25.1 Å². The second-order valence-corrected chi connectivity index (χ2v) is 5.28. The first-order chi connectivity index (χ1) is 9.61. The molecule has 0 saturated carbocycles. The number of hydrogen-bond acceptors (Lipinski definition) is 3. The van der Waals surface area contributed by atoms with Gasteiger partial charge in [-0.05, 0) is 38.0 Å². The lowest BCUT2D eigenvalue weighted by molar-refractivity contribution is 0.280. The van der Waals surface area contributed by atoms with Crippen molar-refractivity contribution in [2.24, 2.45) is 0 Å². The minimum Gasteiger partial charge on any atom is -0.392 e. The molecule has 0 amide bonds. The van der Waals surface area contributed by atoms with Crippen LogP contribution < -0.4 is 4.90 Å². The van der Waals surface area contributed by atoms with E-state index in [0.29, 0.717) is 6.04 Å². The summed E-state index contributed by atoms with van der Waals surface area (Å²) >= 11 is 0. The Hall–Kier alpha value is -1.87. The molecule has 2 aromatic rings. The molecule has 0 saturated heterocycles. The fourth-order valence-electron chi connectivity index (χ4n) is 2.21. The van der Waals surface area contributed by atoms with E-state index in [2.05, 4.69) is 48.0 Å². The van der Waals surface area contributed by atoms with E-state index in [1.54, 1.807) is 0 Å². The summed E-state index contributed by atoms with van der Waals surface area (Å²) < 4.78 is 0. The predicted molar refractivity (Wildman–Crippen MR) is 82.7 cm³/mol. The van der Waals surface area contributed by atoms with Gasteiger partial charge in [-0.3, -0.25) is 0 Å². The Morgan fingerprint density at radius 1 is 1.10 bits per heavy atom. The molecule has 0 atom stereocenters. The molecule has 0 spiro atoms. The first-order valence-electron chi connectivity index (χ1n) is 6.99. The fourth-order valence-corrected chi connectivity index (χ4v) is 2.21. The predicted octanol–water partition coefficient (Wildman–Crippen LogP) is 3.30. The molecule has 0 unspecified atom stereocenters. The summed E-state index contributed by atoms with van der Waals surface area (Å²) in [6.45, 7) is 7.15. The lowest BCUT2D eigenvalue weighted by atomic mass is 10.1. The van der Waals surface area contributed by atoms with Gasteiger partial charge in [-0.15, -0.1) is 0 Å². The number of nitrogens with zero attached hydrogens (tertiary/aromatic N) is 2. The SMILES string of the molecule is Cc1nc(N(Cc2ccccc2)C(C)C)ccc1CO. The van der Waals surface area contributed by atoms with Crippen LogP contribution >= 0.6 is 0 Å². The van der Waals surface area contributed by atoms with Crippen LogP contribution in [0.5, 0.6) is 0 Å². The summed E-state index contributed by atoms with van der Waals surface area (Å²) in [6.07, 6.45) is 0. The second kappa shape index (κ2) is 6.53. The zero-order chi connectivity index (χ0) is 14.5. The Morgan fingerprint density at radius 2 is 1.80 bits per heavy atom. The molecule has 0 radical (unpaired) electrons. The average molecular weight is 270 g/mol. The highest BCUT2D eigenvalue weighted by Crippen LogP contribution is 2.20. The number of aryl methyl sites for hydroxylation is 1. The van der Waals surface area contributed by atoms with Crippen molar-refractivity contribution in [3.63, 3.8) is 0 Å². The van der Waals surface area contributed by atoms with Gasteiger partial charge in [-0.2, -0.15) is 0 Å². The smallest absolute Gasteiger partial charge is 0.129 e. The molecule has 2 rings (SSSR count). The van der Waals surface area contributed by atoms with E-state index in [9.17, 15) is 5.11 Å². The Bertz CT molecular complexity index is 552. The third kappa shape index (κ3) is 3.36. The van der Waals surface area contributed by atoms with Crippen LogP contribution in [0.25, 0.3) is 0 Å². The number of pyridine rings is 1. The number of hydrogen-bond donors (Lipinski definition) is 1. The maximum atomic E-state index is 9.24. The first-order valence-corrected chi connectivity index (χ1v) is 6.99. The number of benzene rings is 1. The highest BCUT2D eigenvalue weighted by atomic mass is 16.3. The Labute approximate surface area is 120 Å². The van der Waals surface area contributed by atoms with Gasteiger partial charge in [-0.1, -0.05) is 36.4 Å². The third-order valence-electron chi connectivity index (χ3n) is 3.46. The van der Waals surface area contributed by atoms with Crippen molar-refractivity contribution in [2.45, 2.75) is 40.0 Å². The zero-order valence-corrected chi connectivity index (χ0v) is 12.4. The maximum absolute atomic E-state index is 9.24. The molecule has 0 aliphatic carbocycles. The lowest BCUT2D eigenvalue weighted by Crippen LogP contribution is -2.31. The van der Waals surface area contributed by atoms with Crippen LogP contribution in [0.2, 0.25) is 0 Å². The molecular weight excluding hydrogens is 248 g/mol. The molecule has 3 nitrogen and oxygen atoms in total. The third-order valence-corrected chi connectivity index (χ3v) is 3.46. The largest absolute Gasteiger partial charge is 0.392 e. The van der Waals surface area contributed by atoms with Crippen molar-refractivity contribution in [1.82, 2.24) is 4.98 Å². The van der Waals surface area contributed by atoms with Gasteiger partial charge in [0, 0.05) is 18.3 Å². The van der Waals surface area contributed by atoms with E-state index < -0.39 is 0 Å². The summed E-state index contributed by atoms with van der Waals surface area (Å²) in [5, 5.41) is 9.24. The maximum Gasteiger partial charge on any atom is 0.129 e. The van der Waals surface area contributed by atoms with Crippen molar-refractivity contribution < 1.29 is 5.11 Å². The summed E-state index contributed by atoms with van der Waals surface area (Å²) in [7, 11) is 0. The highest BCUT2D eigenvalue weighted by molar-refractivity contribution is 5.43. The van der Waals surface area contributed by atoms with Crippen LogP contribution in [-0.2, 0) is 13.2 Å². The van der Waals surface area contributed by atoms with E-state index >= 15 is 0 Å². The molecule has 0 bridgehead atoms. The minimum atomic E-state index is 0.0411. The van der Waals surface area contributed by atoms with Crippen molar-refractivity contribution in [3.8, 4) is 0 Å². The number of aliphatic hydroxyl groups excluding tert-OH is 1. The first kappa shape index (κ1) is 14.5. The van der Waals surface area contributed by atoms with Crippen LogP contribution in [0, 0.1) is 6.92 Å². The second-order valence-electron chi connectivity index (χ2n) is 5.28. The van der Waals surface area contributed by atoms with Crippen LogP contribution in [0.3, 0.4) is 0 Å². The van der Waals surface area contributed by atoms with Gasteiger partial charge in [0.1, 0.15) is 5.82 Å². The van der Waals surface area contributed by atoms with Gasteiger partial charge >= 0.3 is 0 Å². The molecule has 1 aromatic heterocycles. The van der Waals surface area contributed by atoms with E-state index in [4.69, 9.17) is 0 Å². The van der Waals surface area contributed by atoms with Crippen molar-refractivity contribution in [2.75, 3.05) is 4.90 Å². The van der Waals surface area contributed by atoms with Crippen LogP contribution in [0.4, 0.5) is 5.82 Å². The molecule has 106 valence electrons. The fraction of sp³-hybridized carbons (Fsp3) is 0.353. The van der Waals surface area contributed by atoms with E-state index in [0.717, 1.165) is 23.6 Å². The molecule has 1 N–H and O–H groups in total. The number of anilines is 1. The average Bonchev–Trinajstić information content (AvgIpc) is 2.45. The molecule has 1 heterocycles. The van der Waals surface area contributed by atoms with Crippen molar-refractivity contribution in [3.05, 3.63) is 59.3 Å². The van der Waals surface area contributed by atoms with Gasteiger partial charge in [0.05, 0.1) is 6.61 Å². The van der Waals surface area contributed by atoms with Crippen LogP contribution in [0.1, 0.15) is 30.7 Å². The topological polar surface area (TPSA) is 36.4 Å². The quantitative estimate of drug-likeness (QED) is 0.905. The number of aliphatic hydroxyl groups is 1. The summed E-state index contributed by atoms with van der Waals surface area (Å²) in [5.74, 6) is 0.957. The Kier molecular flexibility index (Phi) is 4.74. The zero-order valence-electron chi connectivity index (χ0n) is 12.4.